The predicted octanol–water partition coefficient (Wildman–Crippen LogP) is 3.41. The molecule has 0 aliphatic heterocycles. The smallest absolute Gasteiger partial charge is 0.259 e. The molecule has 0 spiro atoms. The van der Waals surface area contributed by atoms with Gasteiger partial charge in [-0.1, -0.05) is 34.5 Å². The van der Waals surface area contributed by atoms with Gasteiger partial charge in [-0.2, -0.15) is 0 Å². The van der Waals surface area contributed by atoms with Crippen molar-refractivity contribution in [3.63, 3.8) is 0 Å². The highest BCUT2D eigenvalue weighted by molar-refractivity contribution is 7.92. The molecule has 5 nitrogen and oxygen atoms in total. The van der Waals surface area contributed by atoms with Crippen molar-refractivity contribution in [2.75, 3.05) is 11.6 Å². The third-order valence-corrected chi connectivity index (χ3v) is 5.99. The molecule has 112 valence electrons. The van der Waals surface area contributed by atoms with E-state index in [-0.39, 0.29) is 19.9 Å². The second kappa shape index (κ2) is 5.92. The summed E-state index contributed by atoms with van der Waals surface area (Å²) in [6.45, 7) is 1.77. The minimum atomic E-state index is -3.35. The molecule has 0 atom stereocenters. The summed E-state index contributed by atoms with van der Waals surface area (Å²) in [4.78, 5) is 16.0. The van der Waals surface area contributed by atoms with Crippen LogP contribution in [0, 0.1) is 6.92 Å². The number of nitrogens with one attached hydrogen (secondary N) is 1. The normalized spacial score (nSPS) is 11.4. The van der Waals surface area contributed by atoms with E-state index in [9.17, 15) is 13.2 Å². The van der Waals surface area contributed by atoms with Crippen LogP contribution >= 0.6 is 34.5 Å². The number of rotatable bonds is 3. The fraction of sp³-hybridized carbons (Fsp3) is 0.167. The molecule has 1 aromatic heterocycles. The van der Waals surface area contributed by atoms with E-state index in [2.05, 4.69) is 10.3 Å². The van der Waals surface area contributed by atoms with Gasteiger partial charge in [0.15, 0.2) is 15.0 Å². The van der Waals surface area contributed by atoms with E-state index in [4.69, 9.17) is 23.2 Å². The Balaban J connectivity index is 2.26. The highest BCUT2D eigenvalue weighted by atomic mass is 35.5. The van der Waals surface area contributed by atoms with Crippen LogP contribution in [-0.4, -0.2) is 25.6 Å². The zero-order valence-electron chi connectivity index (χ0n) is 11.0. The van der Waals surface area contributed by atoms with Crippen molar-refractivity contribution in [2.24, 2.45) is 0 Å². The lowest BCUT2D eigenvalue weighted by atomic mass is 10.1. The number of hydrogen-bond donors (Lipinski definition) is 1. The number of amides is 1. The third-order valence-electron chi connectivity index (χ3n) is 2.56. The molecule has 0 aliphatic carbocycles. The SMILES string of the molecule is Cc1cc(Cl)c(C(=O)Nc2ncc(S(C)(=O)=O)s2)cc1Cl. The number of nitrogens with zero attached hydrogens (tertiary/aromatic N) is 1. The van der Waals surface area contributed by atoms with Crippen LogP contribution in [-0.2, 0) is 9.84 Å². The number of aryl methyl sites for hydroxylation is 1. The number of carbonyl (C=O) groups excluding carboxylic acids is 1. The fourth-order valence-electron chi connectivity index (χ4n) is 1.47. The molecule has 0 aliphatic rings. The Kier molecular flexibility index (Phi) is 4.57. The van der Waals surface area contributed by atoms with E-state index in [0.29, 0.717) is 5.02 Å². The lowest BCUT2D eigenvalue weighted by molar-refractivity contribution is 0.102. The summed E-state index contributed by atoms with van der Waals surface area (Å²) in [5.41, 5.74) is 0.954. The Labute approximate surface area is 135 Å². The Morgan fingerprint density at radius 2 is 1.95 bits per heavy atom. The summed E-state index contributed by atoms with van der Waals surface area (Å²) in [5, 5.41) is 3.35. The standard InChI is InChI=1S/C12H10Cl2N2O3S2/c1-6-3-9(14)7(4-8(6)13)11(17)16-12-15-5-10(20-12)21(2,18)19/h3-5H,1-2H3,(H,15,16,17). The van der Waals surface area contributed by atoms with Crippen molar-refractivity contribution < 1.29 is 13.2 Å². The molecule has 21 heavy (non-hydrogen) atoms. The predicted molar refractivity (Wildman–Crippen MR) is 84.4 cm³/mol. The first-order valence-electron chi connectivity index (χ1n) is 5.61. The Morgan fingerprint density at radius 3 is 2.52 bits per heavy atom. The van der Waals surface area contributed by atoms with Crippen LogP contribution in [0.15, 0.2) is 22.5 Å². The number of hydrogen-bond acceptors (Lipinski definition) is 5. The van der Waals surface area contributed by atoms with Gasteiger partial charge in [-0.15, -0.1) is 0 Å². The van der Waals surface area contributed by atoms with Crippen molar-refractivity contribution >= 4 is 55.4 Å². The molecule has 1 heterocycles. The summed E-state index contributed by atoms with van der Waals surface area (Å²) in [7, 11) is -3.35. The van der Waals surface area contributed by atoms with Gasteiger partial charge in [0.25, 0.3) is 5.91 Å². The van der Waals surface area contributed by atoms with Crippen LogP contribution in [0.1, 0.15) is 15.9 Å². The Bertz CT molecular complexity index is 816. The Hall–Kier alpha value is -1.15. The summed E-state index contributed by atoms with van der Waals surface area (Å²) in [6.07, 6.45) is 2.27. The molecule has 1 aromatic carbocycles. The van der Waals surface area contributed by atoms with Crippen molar-refractivity contribution in [3.8, 4) is 0 Å². The number of anilines is 1. The van der Waals surface area contributed by atoms with E-state index < -0.39 is 15.7 Å². The topological polar surface area (TPSA) is 76.1 Å². The van der Waals surface area contributed by atoms with E-state index in [0.717, 1.165) is 23.2 Å². The van der Waals surface area contributed by atoms with Gasteiger partial charge in [0.05, 0.1) is 16.8 Å². The molecular weight excluding hydrogens is 355 g/mol. The molecule has 0 fully saturated rings. The van der Waals surface area contributed by atoms with Gasteiger partial charge in [-0.25, -0.2) is 13.4 Å². The number of carbonyl (C=O) groups is 1. The van der Waals surface area contributed by atoms with Gasteiger partial charge in [-0.3, -0.25) is 10.1 Å². The lowest BCUT2D eigenvalue weighted by Crippen LogP contribution is -2.12. The molecule has 0 saturated heterocycles. The van der Waals surface area contributed by atoms with Crippen LogP contribution in [0.5, 0.6) is 0 Å². The summed E-state index contributed by atoms with van der Waals surface area (Å²) in [6, 6.07) is 3.04. The zero-order valence-corrected chi connectivity index (χ0v) is 14.1. The second-order valence-electron chi connectivity index (χ2n) is 4.29. The molecule has 0 unspecified atom stereocenters. The van der Waals surface area contributed by atoms with Gasteiger partial charge >= 0.3 is 0 Å². The fourth-order valence-corrected chi connectivity index (χ4v) is 3.57. The molecule has 2 rings (SSSR count). The quantitative estimate of drug-likeness (QED) is 0.904. The van der Waals surface area contributed by atoms with E-state index in [1.807, 2.05) is 0 Å². The number of thiazole rings is 1. The maximum absolute atomic E-state index is 12.1. The first-order chi connectivity index (χ1) is 9.68. The molecule has 0 bridgehead atoms. The summed E-state index contributed by atoms with van der Waals surface area (Å²) in [5.74, 6) is -0.503. The first kappa shape index (κ1) is 16.2. The lowest BCUT2D eigenvalue weighted by Gasteiger charge is -2.06. The highest BCUT2D eigenvalue weighted by Crippen LogP contribution is 2.27. The van der Waals surface area contributed by atoms with Gasteiger partial charge in [-0.05, 0) is 24.6 Å². The molecule has 9 heteroatoms. The van der Waals surface area contributed by atoms with Crippen molar-refractivity contribution in [1.82, 2.24) is 4.98 Å². The summed E-state index contributed by atoms with van der Waals surface area (Å²) >= 11 is 12.8. The van der Waals surface area contributed by atoms with Crippen LogP contribution in [0.3, 0.4) is 0 Å². The van der Waals surface area contributed by atoms with Gasteiger partial charge in [0.2, 0.25) is 0 Å². The van der Waals surface area contributed by atoms with Gasteiger partial charge in [0.1, 0.15) is 4.21 Å². The van der Waals surface area contributed by atoms with Crippen molar-refractivity contribution in [3.05, 3.63) is 39.5 Å². The van der Waals surface area contributed by atoms with Crippen molar-refractivity contribution in [1.29, 1.82) is 0 Å². The van der Waals surface area contributed by atoms with Crippen LogP contribution in [0.25, 0.3) is 0 Å². The Morgan fingerprint density at radius 1 is 1.29 bits per heavy atom. The molecule has 0 radical (unpaired) electrons. The molecule has 1 amide bonds. The van der Waals surface area contributed by atoms with Gasteiger partial charge in [0, 0.05) is 11.3 Å². The highest BCUT2D eigenvalue weighted by Gasteiger charge is 2.17. The number of benzene rings is 1. The molecule has 1 N–H and O–H groups in total. The van der Waals surface area contributed by atoms with E-state index in [1.54, 1.807) is 13.0 Å². The maximum atomic E-state index is 12.1. The minimum Gasteiger partial charge on any atom is -0.298 e. The minimum absolute atomic E-state index is 0.0748. The molecule has 0 saturated carbocycles. The maximum Gasteiger partial charge on any atom is 0.259 e. The molecular formula is C12H10Cl2N2O3S2. The monoisotopic (exact) mass is 364 g/mol. The first-order valence-corrected chi connectivity index (χ1v) is 9.08. The van der Waals surface area contributed by atoms with Crippen LogP contribution in [0.2, 0.25) is 10.0 Å². The average molecular weight is 365 g/mol. The second-order valence-corrected chi connectivity index (χ2v) is 8.38. The van der Waals surface area contributed by atoms with E-state index in [1.165, 1.54) is 12.3 Å². The largest absolute Gasteiger partial charge is 0.298 e. The number of halogens is 2. The molecule has 2 aromatic rings. The van der Waals surface area contributed by atoms with Crippen molar-refractivity contribution in [2.45, 2.75) is 11.1 Å². The number of aromatic nitrogens is 1. The average Bonchev–Trinajstić information content (AvgIpc) is 2.82. The van der Waals surface area contributed by atoms with Crippen LogP contribution in [0.4, 0.5) is 5.13 Å². The summed E-state index contributed by atoms with van der Waals surface area (Å²) < 4.78 is 22.8. The third kappa shape index (κ3) is 3.74. The number of sulfone groups is 1. The van der Waals surface area contributed by atoms with Crippen LogP contribution < -0.4 is 5.32 Å². The van der Waals surface area contributed by atoms with E-state index >= 15 is 0 Å². The zero-order chi connectivity index (χ0) is 15.8. The van der Waals surface area contributed by atoms with Gasteiger partial charge < -0.3 is 0 Å².